The number of thiophene rings is 1. The number of carbonyl (C=O) groups is 1. The van der Waals surface area contributed by atoms with E-state index in [1.165, 1.54) is 11.8 Å². The molecule has 1 aromatic heterocycles. The molecule has 0 spiro atoms. The molecule has 1 heterocycles. The molecular formula is C13H11ClOS2. The minimum absolute atomic E-state index is 0.234. The number of ketones is 1. The third kappa shape index (κ3) is 3.87. The van der Waals surface area contributed by atoms with Gasteiger partial charge in [0.1, 0.15) is 5.78 Å². The fourth-order valence-electron chi connectivity index (χ4n) is 1.38. The first-order valence-electron chi connectivity index (χ1n) is 5.17. The van der Waals surface area contributed by atoms with Crippen LogP contribution in [-0.4, -0.2) is 11.5 Å². The molecule has 0 amide bonds. The van der Waals surface area contributed by atoms with Crippen molar-refractivity contribution in [1.82, 2.24) is 0 Å². The van der Waals surface area contributed by atoms with Crippen LogP contribution in [0.2, 0.25) is 5.02 Å². The van der Waals surface area contributed by atoms with Gasteiger partial charge in [-0.2, -0.15) is 0 Å². The van der Waals surface area contributed by atoms with Gasteiger partial charge in [-0.1, -0.05) is 29.8 Å². The molecule has 2 rings (SSSR count). The number of Topliss-reactive ketones (excluding diaryl/α,β-unsaturated/α-hetero) is 1. The van der Waals surface area contributed by atoms with Crippen LogP contribution in [0.1, 0.15) is 4.88 Å². The van der Waals surface area contributed by atoms with E-state index < -0.39 is 0 Å². The smallest absolute Gasteiger partial charge is 0.148 e. The van der Waals surface area contributed by atoms with Gasteiger partial charge >= 0.3 is 0 Å². The average Bonchev–Trinajstić information content (AvgIpc) is 2.81. The SMILES string of the molecule is O=C(CSc1ccccc1Cl)Cc1cccs1. The zero-order valence-electron chi connectivity index (χ0n) is 9.06. The third-order valence-corrected chi connectivity index (χ3v) is 4.63. The number of carbonyl (C=O) groups excluding carboxylic acids is 1. The summed E-state index contributed by atoms with van der Waals surface area (Å²) in [5, 5.41) is 2.70. The number of benzene rings is 1. The summed E-state index contributed by atoms with van der Waals surface area (Å²) in [5.74, 6) is 0.708. The number of rotatable bonds is 5. The monoisotopic (exact) mass is 282 g/mol. The standard InChI is InChI=1S/C13H11ClOS2/c14-12-5-1-2-6-13(12)17-9-10(15)8-11-4-3-7-16-11/h1-7H,8-9H2. The van der Waals surface area contributed by atoms with Crippen LogP contribution in [0.4, 0.5) is 0 Å². The Morgan fingerprint density at radius 3 is 2.76 bits per heavy atom. The first kappa shape index (κ1) is 12.7. The lowest BCUT2D eigenvalue weighted by atomic mass is 10.3. The minimum Gasteiger partial charge on any atom is -0.298 e. The van der Waals surface area contributed by atoms with E-state index in [0.29, 0.717) is 17.2 Å². The lowest BCUT2D eigenvalue weighted by Crippen LogP contribution is -2.04. The van der Waals surface area contributed by atoms with Gasteiger partial charge in [0, 0.05) is 16.2 Å². The van der Waals surface area contributed by atoms with Gasteiger partial charge in [0.15, 0.2) is 0 Å². The molecule has 0 unspecified atom stereocenters. The normalized spacial score (nSPS) is 10.4. The molecule has 0 bridgehead atoms. The molecule has 0 aliphatic carbocycles. The summed E-state index contributed by atoms with van der Waals surface area (Å²) in [6.45, 7) is 0. The Hall–Kier alpha value is -0.770. The number of halogens is 1. The number of hydrogen-bond acceptors (Lipinski definition) is 3. The molecule has 0 N–H and O–H groups in total. The van der Waals surface area contributed by atoms with Crippen molar-refractivity contribution in [3.05, 3.63) is 51.7 Å². The molecule has 0 aliphatic rings. The summed E-state index contributed by atoms with van der Waals surface area (Å²) in [6, 6.07) is 11.5. The van der Waals surface area contributed by atoms with Gasteiger partial charge in [0.2, 0.25) is 0 Å². The summed E-state index contributed by atoms with van der Waals surface area (Å²) in [7, 11) is 0. The summed E-state index contributed by atoms with van der Waals surface area (Å²) >= 11 is 9.14. The van der Waals surface area contributed by atoms with Crippen molar-refractivity contribution in [2.75, 3.05) is 5.75 Å². The number of thioether (sulfide) groups is 1. The summed E-state index contributed by atoms with van der Waals surface area (Å²) in [6.07, 6.45) is 0.523. The maximum absolute atomic E-state index is 11.7. The van der Waals surface area contributed by atoms with Gasteiger partial charge in [-0.05, 0) is 23.6 Å². The minimum atomic E-state index is 0.234. The zero-order valence-corrected chi connectivity index (χ0v) is 11.4. The molecule has 0 radical (unpaired) electrons. The fraction of sp³-hybridized carbons (Fsp3) is 0.154. The van der Waals surface area contributed by atoms with Gasteiger partial charge in [-0.3, -0.25) is 4.79 Å². The van der Waals surface area contributed by atoms with Crippen molar-refractivity contribution in [2.45, 2.75) is 11.3 Å². The molecule has 0 atom stereocenters. The van der Waals surface area contributed by atoms with Crippen molar-refractivity contribution >= 4 is 40.5 Å². The third-order valence-electron chi connectivity index (χ3n) is 2.18. The predicted octanol–water partition coefficient (Wildman–Crippen LogP) is 4.31. The zero-order chi connectivity index (χ0) is 12.1. The highest BCUT2D eigenvalue weighted by atomic mass is 35.5. The topological polar surface area (TPSA) is 17.1 Å². The van der Waals surface area contributed by atoms with E-state index in [1.807, 2.05) is 41.8 Å². The van der Waals surface area contributed by atoms with Crippen LogP contribution in [0.5, 0.6) is 0 Å². The van der Waals surface area contributed by atoms with E-state index in [2.05, 4.69) is 0 Å². The van der Waals surface area contributed by atoms with Gasteiger partial charge < -0.3 is 0 Å². The Labute approximate surface area is 114 Å². The van der Waals surface area contributed by atoms with E-state index in [4.69, 9.17) is 11.6 Å². The van der Waals surface area contributed by atoms with E-state index >= 15 is 0 Å². The molecule has 17 heavy (non-hydrogen) atoms. The predicted molar refractivity (Wildman–Crippen MR) is 75.2 cm³/mol. The Morgan fingerprint density at radius 1 is 1.24 bits per heavy atom. The van der Waals surface area contributed by atoms with Gasteiger partial charge in [0.25, 0.3) is 0 Å². The van der Waals surface area contributed by atoms with Crippen molar-refractivity contribution in [3.63, 3.8) is 0 Å². The van der Waals surface area contributed by atoms with Crippen LogP contribution < -0.4 is 0 Å². The molecule has 1 nitrogen and oxygen atoms in total. The Balaban J connectivity index is 1.86. The van der Waals surface area contributed by atoms with E-state index in [1.54, 1.807) is 11.3 Å². The van der Waals surface area contributed by atoms with Crippen molar-refractivity contribution in [3.8, 4) is 0 Å². The van der Waals surface area contributed by atoms with Crippen LogP contribution in [0.25, 0.3) is 0 Å². The average molecular weight is 283 g/mol. The largest absolute Gasteiger partial charge is 0.298 e. The summed E-state index contributed by atoms with van der Waals surface area (Å²) in [4.78, 5) is 13.8. The molecule has 0 saturated heterocycles. The highest BCUT2D eigenvalue weighted by molar-refractivity contribution is 8.00. The fourth-order valence-corrected chi connectivity index (χ4v) is 3.21. The second-order valence-corrected chi connectivity index (χ2v) is 5.97. The molecule has 0 saturated carbocycles. The van der Waals surface area contributed by atoms with E-state index in [0.717, 1.165) is 9.77 Å². The highest BCUT2D eigenvalue weighted by Crippen LogP contribution is 2.26. The maximum atomic E-state index is 11.7. The lowest BCUT2D eigenvalue weighted by molar-refractivity contribution is -0.115. The molecule has 0 aliphatic heterocycles. The van der Waals surface area contributed by atoms with Crippen LogP contribution in [0.15, 0.2) is 46.7 Å². The van der Waals surface area contributed by atoms with Crippen LogP contribution >= 0.6 is 34.7 Å². The molecule has 88 valence electrons. The summed E-state index contributed by atoms with van der Waals surface area (Å²) in [5.41, 5.74) is 0. The molecule has 1 aromatic carbocycles. The second kappa shape index (κ2) is 6.24. The quantitative estimate of drug-likeness (QED) is 0.761. The lowest BCUT2D eigenvalue weighted by Gasteiger charge is -2.02. The van der Waals surface area contributed by atoms with Gasteiger partial charge in [-0.25, -0.2) is 0 Å². The molecule has 0 fully saturated rings. The maximum Gasteiger partial charge on any atom is 0.148 e. The van der Waals surface area contributed by atoms with Crippen LogP contribution in [0, 0.1) is 0 Å². The van der Waals surface area contributed by atoms with Crippen molar-refractivity contribution in [2.24, 2.45) is 0 Å². The van der Waals surface area contributed by atoms with E-state index in [9.17, 15) is 4.79 Å². The second-order valence-electron chi connectivity index (χ2n) is 3.51. The van der Waals surface area contributed by atoms with Crippen molar-refractivity contribution < 1.29 is 4.79 Å². The van der Waals surface area contributed by atoms with E-state index in [-0.39, 0.29) is 5.78 Å². The van der Waals surface area contributed by atoms with Crippen LogP contribution in [0.3, 0.4) is 0 Å². The first-order chi connectivity index (χ1) is 8.25. The highest BCUT2D eigenvalue weighted by Gasteiger charge is 2.07. The number of hydrogen-bond donors (Lipinski definition) is 0. The Kier molecular flexibility index (Phi) is 4.66. The van der Waals surface area contributed by atoms with Gasteiger partial charge in [0.05, 0.1) is 10.8 Å². The Bertz CT molecular complexity index is 494. The molecule has 2 aromatic rings. The van der Waals surface area contributed by atoms with Crippen molar-refractivity contribution in [1.29, 1.82) is 0 Å². The first-order valence-corrected chi connectivity index (χ1v) is 7.41. The van der Waals surface area contributed by atoms with Crippen LogP contribution in [-0.2, 0) is 11.2 Å². The Morgan fingerprint density at radius 2 is 2.06 bits per heavy atom. The molecule has 4 heteroatoms. The van der Waals surface area contributed by atoms with Gasteiger partial charge in [-0.15, -0.1) is 23.1 Å². The summed E-state index contributed by atoms with van der Waals surface area (Å²) < 4.78 is 0. The molecular weight excluding hydrogens is 272 g/mol.